The molecule has 0 fully saturated rings. The highest BCUT2D eigenvalue weighted by Gasteiger charge is 2.14. The second-order valence-corrected chi connectivity index (χ2v) is 3.45. The second kappa shape index (κ2) is 5.07. The Labute approximate surface area is 93.3 Å². The molecule has 0 aliphatic rings. The lowest BCUT2D eigenvalue weighted by atomic mass is 10.2. The van der Waals surface area contributed by atoms with Gasteiger partial charge in [0, 0.05) is 25.4 Å². The van der Waals surface area contributed by atoms with Crippen LogP contribution in [0.25, 0.3) is 0 Å². The van der Waals surface area contributed by atoms with Gasteiger partial charge < -0.3 is 4.90 Å². The van der Waals surface area contributed by atoms with Crippen molar-refractivity contribution in [2.75, 3.05) is 11.9 Å². The predicted octanol–water partition coefficient (Wildman–Crippen LogP) is 1.73. The summed E-state index contributed by atoms with van der Waals surface area (Å²) in [7, 11) is 1.76. The molecule has 6 heteroatoms. The van der Waals surface area contributed by atoms with E-state index in [1.807, 2.05) is 6.92 Å². The number of hydrogen-bond donors (Lipinski definition) is 0. The smallest absolute Gasteiger partial charge is 0.274 e. The van der Waals surface area contributed by atoms with Gasteiger partial charge >= 0.3 is 0 Å². The Hall–Kier alpha value is -2.16. The molecule has 0 saturated carbocycles. The summed E-state index contributed by atoms with van der Waals surface area (Å²) in [6, 6.07) is 4.76. The molecule has 1 heterocycles. The summed E-state index contributed by atoms with van der Waals surface area (Å²) in [6.07, 6.45) is 1.74. The first-order valence-corrected chi connectivity index (χ1v) is 4.76. The van der Waals surface area contributed by atoms with Gasteiger partial charge in [0.2, 0.25) is 0 Å². The van der Waals surface area contributed by atoms with Crippen LogP contribution >= 0.6 is 0 Å². The molecule has 1 unspecified atom stereocenters. The molecule has 0 radical (unpaired) electrons. The van der Waals surface area contributed by atoms with Gasteiger partial charge in [0.1, 0.15) is 5.82 Å². The SMILES string of the molecule is CC(CC#N)N(C)c1cc([N+](=O)[O-])ccn1. The number of nitrogens with zero attached hydrogens (tertiary/aromatic N) is 4. The number of pyridine rings is 1. The van der Waals surface area contributed by atoms with Crippen molar-refractivity contribution in [1.82, 2.24) is 4.98 Å². The van der Waals surface area contributed by atoms with Crippen LogP contribution in [0.4, 0.5) is 11.5 Å². The number of aromatic nitrogens is 1. The molecule has 0 amide bonds. The quantitative estimate of drug-likeness (QED) is 0.570. The summed E-state index contributed by atoms with van der Waals surface area (Å²) < 4.78 is 0. The number of anilines is 1. The molecule has 1 aromatic heterocycles. The Morgan fingerprint density at radius 3 is 3.00 bits per heavy atom. The molecule has 0 aromatic carbocycles. The maximum atomic E-state index is 10.6. The fraction of sp³-hybridized carbons (Fsp3) is 0.400. The van der Waals surface area contributed by atoms with Crippen LogP contribution in [0, 0.1) is 21.4 Å². The molecule has 0 aliphatic carbocycles. The fourth-order valence-electron chi connectivity index (χ4n) is 1.21. The molecular formula is C10H12N4O2. The minimum absolute atomic E-state index is 0.000933. The molecule has 0 N–H and O–H groups in total. The molecule has 0 aliphatic heterocycles. The largest absolute Gasteiger partial charge is 0.356 e. The third kappa shape index (κ3) is 2.67. The number of nitriles is 1. The van der Waals surface area contributed by atoms with E-state index >= 15 is 0 Å². The lowest BCUT2D eigenvalue weighted by molar-refractivity contribution is -0.384. The topological polar surface area (TPSA) is 83.1 Å². The molecule has 0 spiro atoms. The maximum Gasteiger partial charge on any atom is 0.274 e. The minimum atomic E-state index is -0.464. The van der Waals surface area contributed by atoms with Crippen molar-refractivity contribution in [3.05, 3.63) is 28.4 Å². The molecular weight excluding hydrogens is 208 g/mol. The molecule has 0 saturated heterocycles. The zero-order chi connectivity index (χ0) is 12.1. The van der Waals surface area contributed by atoms with Gasteiger partial charge in [-0.3, -0.25) is 10.1 Å². The molecule has 16 heavy (non-hydrogen) atoms. The van der Waals surface area contributed by atoms with Crippen LogP contribution in [0.15, 0.2) is 18.3 Å². The van der Waals surface area contributed by atoms with Gasteiger partial charge in [-0.05, 0) is 6.92 Å². The number of rotatable bonds is 4. The van der Waals surface area contributed by atoms with Crippen LogP contribution in [-0.4, -0.2) is 23.0 Å². The van der Waals surface area contributed by atoms with Gasteiger partial charge in [0.05, 0.1) is 23.5 Å². The first kappa shape index (κ1) is 11.9. The molecule has 1 rings (SSSR count). The van der Waals surface area contributed by atoms with E-state index in [-0.39, 0.29) is 11.7 Å². The van der Waals surface area contributed by atoms with E-state index in [2.05, 4.69) is 11.1 Å². The van der Waals surface area contributed by atoms with Gasteiger partial charge in [0.15, 0.2) is 0 Å². The zero-order valence-corrected chi connectivity index (χ0v) is 9.12. The highest BCUT2D eigenvalue weighted by molar-refractivity contribution is 5.46. The van der Waals surface area contributed by atoms with Crippen molar-refractivity contribution < 1.29 is 4.92 Å². The highest BCUT2D eigenvalue weighted by atomic mass is 16.6. The Kier molecular flexibility index (Phi) is 3.78. The van der Waals surface area contributed by atoms with Crippen molar-refractivity contribution in [3.63, 3.8) is 0 Å². The molecule has 1 aromatic rings. The standard InChI is InChI=1S/C10H12N4O2/c1-8(3-5-11)13(2)10-7-9(14(15)16)4-6-12-10/h4,6-8H,3H2,1-2H3. The van der Waals surface area contributed by atoms with E-state index in [1.165, 1.54) is 18.3 Å². The van der Waals surface area contributed by atoms with Gasteiger partial charge in [-0.2, -0.15) is 5.26 Å². The van der Waals surface area contributed by atoms with Crippen LogP contribution in [0.3, 0.4) is 0 Å². The Balaban J connectivity index is 2.92. The predicted molar refractivity (Wildman–Crippen MR) is 59.0 cm³/mol. The van der Waals surface area contributed by atoms with E-state index in [0.29, 0.717) is 12.2 Å². The summed E-state index contributed by atoms with van der Waals surface area (Å²) in [6.45, 7) is 1.86. The fourth-order valence-corrected chi connectivity index (χ4v) is 1.21. The zero-order valence-electron chi connectivity index (χ0n) is 9.12. The Bertz CT molecular complexity index is 427. The summed E-state index contributed by atoms with van der Waals surface area (Å²) in [5, 5.41) is 19.1. The van der Waals surface area contributed by atoms with Crippen LogP contribution in [0.2, 0.25) is 0 Å². The van der Waals surface area contributed by atoms with Crippen LogP contribution in [-0.2, 0) is 0 Å². The number of nitro groups is 1. The normalized spacial score (nSPS) is 11.6. The van der Waals surface area contributed by atoms with E-state index in [0.717, 1.165) is 0 Å². The van der Waals surface area contributed by atoms with Crippen LogP contribution < -0.4 is 4.90 Å². The second-order valence-electron chi connectivity index (χ2n) is 3.45. The summed E-state index contributed by atoms with van der Waals surface area (Å²) in [5.41, 5.74) is 0.000933. The summed E-state index contributed by atoms with van der Waals surface area (Å²) >= 11 is 0. The lowest BCUT2D eigenvalue weighted by Crippen LogP contribution is -2.29. The van der Waals surface area contributed by atoms with Crippen molar-refractivity contribution in [1.29, 1.82) is 5.26 Å². The van der Waals surface area contributed by atoms with Crippen LogP contribution in [0.1, 0.15) is 13.3 Å². The average molecular weight is 220 g/mol. The third-order valence-corrected chi connectivity index (χ3v) is 2.35. The van der Waals surface area contributed by atoms with E-state index in [4.69, 9.17) is 5.26 Å². The first-order valence-electron chi connectivity index (χ1n) is 4.76. The highest BCUT2D eigenvalue weighted by Crippen LogP contribution is 2.19. The van der Waals surface area contributed by atoms with Crippen molar-refractivity contribution in [2.24, 2.45) is 0 Å². The summed E-state index contributed by atoms with van der Waals surface area (Å²) in [4.78, 5) is 15.9. The lowest BCUT2D eigenvalue weighted by Gasteiger charge is -2.23. The minimum Gasteiger partial charge on any atom is -0.356 e. The number of hydrogen-bond acceptors (Lipinski definition) is 5. The van der Waals surface area contributed by atoms with Gasteiger partial charge in [-0.15, -0.1) is 0 Å². The van der Waals surface area contributed by atoms with Crippen molar-refractivity contribution in [2.45, 2.75) is 19.4 Å². The van der Waals surface area contributed by atoms with E-state index in [9.17, 15) is 10.1 Å². The monoisotopic (exact) mass is 220 g/mol. The van der Waals surface area contributed by atoms with Gasteiger partial charge in [-0.25, -0.2) is 4.98 Å². The van der Waals surface area contributed by atoms with Crippen molar-refractivity contribution >= 4 is 11.5 Å². The molecule has 6 nitrogen and oxygen atoms in total. The average Bonchev–Trinajstić information content (AvgIpc) is 2.28. The van der Waals surface area contributed by atoms with E-state index in [1.54, 1.807) is 11.9 Å². The van der Waals surface area contributed by atoms with Gasteiger partial charge in [0.25, 0.3) is 5.69 Å². The molecule has 84 valence electrons. The van der Waals surface area contributed by atoms with E-state index < -0.39 is 4.92 Å². The molecule has 1 atom stereocenters. The van der Waals surface area contributed by atoms with Crippen LogP contribution in [0.5, 0.6) is 0 Å². The maximum absolute atomic E-state index is 10.6. The first-order chi connectivity index (χ1) is 7.56. The Morgan fingerprint density at radius 2 is 2.44 bits per heavy atom. The van der Waals surface area contributed by atoms with Crippen molar-refractivity contribution in [3.8, 4) is 6.07 Å². The third-order valence-electron chi connectivity index (χ3n) is 2.35. The Morgan fingerprint density at radius 1 is 1.75 bits per heavy atom. The molecule has 0 bridgehead atoms. The van der Waals surface area contributed by atoms with Gasteiger partial charge in [-0.1, -0.05) is 0 Å². The summed E-state index contributed by atoms with van der Waals surface area (Å²) in [5.74, 6) is 0.497.